The fourth-order valence-corrected chi connectivity index (χ4v) is 3.33. The third-order valence-corrected chi connectivity index (χ3v) is 4.88. The van der Waals surface area contributed by atoms with E-state index in [2.05, 4.69) is 29.5 Å². The molecule has 0 aliphatic carbocycles. The van der Waals surface area contributed by atoms with Gasteiger partial charge in [-0.15, -0.1) is 11.3 Å². The second-order valence-electron chi connectivity index (χ2n) is 5.79. The maximum absolute atomic E-state index is 12.2. The SMILES string of the molecule is CC(C)c1nc(CCNC(=O)[C@H]2Cc3ccccc3O2)cs1. The van der Waals surface area contributed by atoms with Crippen molar-refractivity contribution in [2.75, 3.05) is 6.54 Å². The number of fused-ring (bicyclic) bond motifs is 1. The van der Waals surface area contributed by atoms with Gasteiger partial charge in [0.05, 0.1) is 10.7 Å². The van der Waals surface area contributed by atoms with E-state index >= 15 is 0 Å². The number of carbonyl (C=O) groups is 1. The maximum Gasteiger partial charge on any atom is 0.261 e. The summed E-state index contributed by atoms with van der Waals surface area (Å²) >= 11 is 1.68. The van der Waals surface area contributed by atoms with Crippen LogP contribution in [0.15, 0.2) is 29.6 Å². The topological polar surface area (TPSA) is 51.2 Å². The van der Waals surface area contributed by atoms with Gasteiger partial charge in [-0.1, -0.05) is 32.0 Å². The summed E-state index contributed by atoms with van der Waals surface area (Å²) in [5, 5.41) is 6.17. The van der Waals surface area contributed by atoms with Crippen LogP contribution in [0.25, 0.3) is 0 Å². The molecule has 0 spiro atoms. The Labute approximate surface area is 134 Å². The predicted octanol–water partition coefficient (Wildman–Crippen LogP) is 2.93. The van der Waals surface area contributed by atoms with E-state index in [0.717, 1.165) is 28.4 Å². The number of nitrogens with one attached hydrogen (secondary N) is 1. The first-order valence-electron chi connectivity index (χ1n) is 7.60. The Morgan fingerprint density at radius 3 is 3.00 bits per heavy atom. The summed E-state index contributed by atoms with van der Waals surface area (Å²) in [4.78, 5) is 16.7. The average Bonchev–Trinajstić information content (AvgIpc) is 3.13. The van der Waals surface area contributed by atoms with Crippen molar-refractivity contribution in [1.29, 1.82) is 0 Å². The van der Waals surface area contributed by atoms with Gasteiger partial charge in [0, 0.05) is 30.7 Å². The van der Waals surface area contributed by atoms with E-state index in [1.807, 2.05) is 24.3 Å². The van der Waals surface area contributed by atoms with Gasteiger partial charge in [-0.2, -0.15) is 0 Å². The molecule has 22 heavy (non-hydrogen) atoms. The van der Waals surface area contributed by atoms with Gasteiger partial charge in [0.15, 0.2) is 6.10 Å². The molecule has 1 aromatic heterocycles. The van der Waals surface area contributed by atoms with Crippen LogP contribution in [0.4, 0.5) is 0 Å². The molecule has 1 amide bonds. The molecule has 0 unspecified atom stereocenters. The average molecular weight is 316 g/mol. The molecule has 1 N–H and O–H groups in total. The largest absolute Gasteiger partial charge is 0.480 e. The van der Waals surface area contributed by atoms with Crippen LogP contribution in [0.5, 0.6) is 5.75 Å². The summed E-state index contributed by atoms with van der Waals surface area (Å²) in [6, 6.07) is 7.81. The van der Waals surface area contributed by atoms with E-state index < -0.39 is 6.10 Å². The summed E-state index contributed by atoms with van der Waals surface area (Å²) in [5.41, 5.74) is 2.15. The fraction of sp³-hybridized carbons (Fsp3) is 0.412. The van der Waals surface area contributed by atoms with Crippen molar-refractivity contribution in [3.05, 3.63) is 45.9 Å². The lowest BCUT2D eigenvalue weighted by Crippen LogP contribution is -2.38. The van der Waals surface area contributed by atoms with Crippen LogP contribution in [0, 0.1) is 0 Å². The van der Waals surface area contributed by atoms with Gasteiger partial charge in [0.25, 0.3) is 5.91 Å². The number of para-hydroxylation sites is 1. The Bertz CT molecular complexity index is 641. The molecule has 4 nitrogen and oxygen atoms in total. The number of carbonyl (C=O) groups excluding carboxylic acids is 1. The van der Waals surface area contributed by atoms with Crippen molar-refractivity contribution in [2.45, 2.75) is 38.7 Å². The number of hydrogen-bond donors (Lipinski definition) is 1. The molecular formula is C17H20N2O2S. The highest BCUT2D eigenvalue weighted by Gasteiger charge is 2.28. The molecule has 1 atom stereocenters. The van der Waals surface area contributed by atoms with Crippen LogP contribution < -0.4 is 10.1 Å². The van der Waals surface area contributed by atoms with E-state index in [9.17, 15) is 4.79 Å². The van der Waals surface area contributed by atoms with Gasteiger partial charge < -0.3 is 10.1 Å². The Hall–Kier alpha value is -1.88. The van der Waals surface area contributed by atoms with Crippen molar-refractivity contribution in [3.63, 3.8) is 0 Å². The fourth-order valence-electron chi connectivity index (χ4n) is 2.46. The van der Waals surface area contributed by atoms with Gasteiger partial charge in [-0.25, -0.2) is 4.98 Å². The van der Waals surface area contributed by atoms with Crippen LogP contribution in [-0.4, -0.2) is 23.5 Å². The van der Waals surface area contributed by atoms with Crippen LogP contribution >= 0.6 is 11.3 Å². The minimum absolute atomic E-state index is 0.0458. The van der Waals surface area contributed by atoms with Gasteiger partial charge in [-0.05, 0) is 11.6 Å². The van der Waals surface area contributed by atoms with E-state index in [1.54, 1.807) is 11.3 Å². The Morgan fingerprint density at radius 2 is 2.27 bits per heavy atom. The van der Waals surface area contributed by atoms with Crippen LogP contribution in [0.3, 0.4) is 0 Å². The molecule has 0 saturated heterocycles. The van der Waals surface area contributed by atoms with Crippen LogP contribution in [0.2, 0.25) is 0 Å². The Morgan fingerprint density at radius 1 is 1.45 bits per heavy atom. The quantitative estimate of drug-likeness (QED) is 0.923. The normalized spacial score (nSPS) is 16.4. The van der Waals surface area contributed by atoms with Crippen molar-refractivity contribution in [3.8, 4) is 5.75 Å². The Balaban J connectivity index is 1.47. The summed E-state index contributed by atoms with van der Waals surface area (Å²) in [6.07, 6.45) is 1.00. The first-order valence-corrected chi connectivity index (χ1v) is 8.48. The smallest absolute Gasteiger partial charge is 0.261 e. The van der Waals surface area contributed by atoms with Gasteiger partial charge in [0.1, 0.15) is 5.75 Å². The molecule has 1 aliphatic rings. The van der Waals surface area contributed by atoms with Crippen molar-refractivity contribution < 1.29 is 9.53 Å². The number of thiazole rings is 1. The summed E-state index contributed by atoms with van der Waals surface area (Å²) in [5.74, 6) is 1.23. The zero-order chi connectivity index (χ0) is 15.5. The molecule has 116 valence electrons. The lowest BCUT2D eigenvalue weighted by Gasteiger charge is -2.10. The molecule has 1 aromatic carbocycles. The zero-order valence-electron chi connectivity index (χ0n) is 12.8. The number of nitrogens with zero attached hydrogens (tertiary/aromatic N) is 1. The third-order valence-electron chi connectivity index (χ3n) is 3.68. The molecule has 0 bridgehead atoms. The number of aromatic nitrogens is 1. The van der Waals surface area contributed by atoms with Crippen LogP contribution in [0.1, 0.15) is 36.0 Å². The first-order chi connectivity index (χ1) is 10.6. The number of ether oxygens (including phenoxy) is 1. The monoisotopic (exact) mass is 316 g/mol. The van der Waals surface area contributed by atoms with Crippen molar-refractivity contribution >= 4 is 17.2 Å². The van der Waals surface area contributed by atoms with E-state index in [4.69, 9.17) is 4.74 Å². The minimum Gasteiger partial charge on any atom is -0.480 e. The number of rotatable bonds is 5. The number of amides is 1. The molecule has 0 saturated carbocycles. The minimum atomic E-state index is -0.404. The summed E-state index contributed by atoms with van der Waals surface area (Å²) in [6.45, 7) is 4.87. The van der Waals surface area contributed by atoms with E-state index in [-0.39, 0.29) is 5.91 Å². The molecule has 2 heterocycles. The van der Waals surface area contributed by atoms with Gasteiger partial charge in [-0.3, -0.25) is 4.79 Å². The van der Waals surface area contributed by atoms with Crippen molar-refractivity contribution in [1.82, 2.24) is 10.3 Å². The standard InChI is InChI=1S/C17H20N2O2S/c1-11(2)17-19-13(10-22-17)7-8-18-16(20)15-9-12-5-3-4-6-14(12)21-15/h3-6,10-11,15H,7-9H2,1-2H3,(H,18,20)/t15-/m1/s1. The molecule has 2 aromatic rings. The highest BCUT2D eigenvalue weighted by atomic mass is 32.1. The van der Waals surface area contributed by atoms with Crippen LogP contribution in [-0.2, 0) is 17.6 Å². The van der Waals surface area contributed by atoms with Crippen molar-refractivity contribution in [2.24, 2.45) is 0 Å². The van der Waals surface area contributed by atoms with E-state index in [1.165, 1.54) is 0 Å². The lowest BCUT2D eigenvalue weighted by atomic mass is 10.1. The predicted molar refractivity (Wildman–Crippen MR) is 87.5 cm³/mol. The number of benzene rings is 1. The lowest BCUT2D eigenvalue weighted by molar-refractivity contribution is -0.127. The molecule has 3 rings (SSSR count). The third kappa shape index (κ3) is 3.30. The summed E-state index contributed by atoms with van der Waals surface area (Å²) in [7, 11) is 0. The highest BCUT2D eigenvalue weighted by molar-refractivity contribution is 7.09. The molecule has 5 heteroatoms. The van der Waals surface area contributed by atoms with E-state index in [0.29, 0.717) is 18.9 Å². The Kier molecular flexibility index (Phi) is 4.43. The molecular weight excluding hydrogens is 296 g/mol. The van der Waals surface area contributed by atoms with Gasteiger partial charge >= 0.3 is 0 Å². The second-order valence-corrected chi connectivity index (χ2v) is 6.68. The maximum atomic E-state index is 12.2. The molecule has 0 fully saturated rings. The molecule has 0 radical (unpaired) electrons. The molecule has 1 aliphatic heterocycles. The van der Waals surface area contributed by atoms with Gasteiger partial charge in [0.2, 0.25) is 0 Å². The first kappa shape index (κ1) is 15.0. The number of hydrogen-bond acceptors (Lipinski definition) is 4. The summed E-state index contributed by atoms with van der Waals surface area (Å²) < 4.78 is 5.68. The highest BCUT2D eigenvalue weighted by Crippen LogP contribution is 2.28. The zero-order valence-corrected chi connectivity index (χ0v) is 13.7. The second kappa shape index (κ2) is 6.48.